The van der Waals surface area contributed by atoms with Gasteiger partial charge in [-0.3, -0.25) is 4.79 Å². The molecule has 0 amide bonds. The van der Waals surface area contributed by atoms with Gasteiger partial charge < -0.3 is 0 Å². The average Bonchev–Trinajstić information content (AvgIpc) is 2.70. The Kier molecular flexibility index (Phi) is 6.33. The van der Waals surface area contributed by atoms with Crippen molar-refractivity contribution in [2.75, 3.05) is 0 Å². The Morgan fingerprint density at radius 3 is 2.73 bits per heavy atom. The van der Waals surface area contributed by atoms with E-state index in [4.69, 9.17) is 0 Å². The van der Waals surface area contributed by atoms with Crippen molar-refractivity contribution in [2.45, 2.75) is 51.9 Å². The number of hydrogen-bond acceptors (Lipinski definition) is 2. The van der Waals surface area contributed by atoms with E-state index in [2.05, 4.69) is 12.3 Å². The van der Waals surface area contributed by atoms with Crippen LogP contribution in [0.1, 0.15) is 51.0 Å². The lowest BCUT2D eigenvalue weighted by Gasteiger charge is -1.99. The van der Waals surface area contributed by atoms with Gasteiger partial charge in [0.1, 0.15) is 5.78 Å². The molecule has 1 aromatic heterocycles. The molecule has 1 nitrogen and oxygen atoms in total. The Balaban J connectivity index is 2.04. The maximum Gasteiger partial charge on any atom is 0.137 e. The Labute approximate surface area is 96.5 Å². The molecule has 84 valence electrons. The van der Waals surface area contributed by atoms with Gasteiger partial charge in [0.15, 0.2) is 0 Å². The molecule has 0 aliphatic heterocycles. The molecule has 0 bridgehead atoms. The monoisotopic (exact) mass is 224 g/mol. The van der Waals surface area contributed by atoms with Gasteiger partial charge in [0, 0.05) is 12.8 Å². The van der Waals surface area contributed by atoms with Gasteiger partial charge in [-0.2, -0.15) is 11.3 Å². The highest BCUT2D eigenvalue weighted by molar-refractivity contribution is 7.07. The molecule has 0 saturated heterocycles. The van der Waals surface area contributed by atoms with Crippen LogP contribution in [0.25, 0.3) is 0 Å². The van der Waals surface area contributed by atoms with E-state index in [1.807, 2.05) is 11.4 Å². The third-order valence-corrected chi connectivity index (χ3v) is 3.27. The minimum absolute atomic E-state index is 0.393. The van der Waals surface area contributed by atoms with Crippen LogP contribution in [0.5, 0.6) is 0 Å². The fourth-order valence-corrected chi connectivity index (χ4v) is 2.30. The van der Waals surface area contributed by atoms with Crippen LogP contribution >= 0.6 is 11.3 Å². The fourth-order valence-electron chi connectivity index (χ4n) is 1.64. The zero-order chi connectivity index (χ0) is 10.9. The summed E-state index contributed by atoms with van der Waals surface area (Å²) >= 11 is 1.66. The largest absolute Gasteiger partial charge is 0.299 e. The summed E-state index contributed by atoms with van der Waals surface area (Å²) in [6.07, 6.45) is 7.53. The number of carbonyl (C=O) groups is 1. The molecule has 1 rings (SSSR count). The first-order valence-corrected chi connectivity index (χ1v) is 6.80. The fraction of sp³-hybridized carbons (Fsp3) is 0.615. The van der Waals surface area contributed by atoms with E-state index in [-0.39, 0.29) is 0 Å². The van der Waals surface area contributed by atoms with Gasteiger partial charge in [0.2, 0.25) is 0 Å². The highest BCUT2D eigenvalue weighted by Crippen LogP contribution is 2.10. The molecule has 0 radical (unpaired) electrons. The first kappa shape index (κ1) is 12.4. The Bertz CT molecular complexity index is 264. The normalized spacial score (nSPS) is 10.5. The maximum atomic E-state index is 11.5. The molecule has 0 aliphatic rings. The molecule has 0 saturated carbocycles. The first-order chi connectivity index (χ1) is 7.33. The van der Waals surface area contributed by atoms with Crippen molar-refractivity contribution in [1.29, 1.82) is 0 Å². The number of Topliss-reactive ketones (excluding diaryl/α,β-unsaturated/α-hetero) is 1. The highest BCUT2D eigenvalue weighted by atomic mass is 32.1. The summed E-state index contributed by atoms with van der Waals surface area (Å²) in [5.41, 5.74) is 1.18. The van der Waals surface area contributed by atoms with Crippen molar-refractivity contribution in [1.82, 2.24) is 0 Å². The predicted octanol–water partition coefficient (Wildman–Crippen LogP) is 4.22. The van der Waals surface area contributed by atoms with Crippen LogP contribution in [-0.4, -0.2) is 5.78 Å². The molecule has 1 aromatic rings. The summed E-state index contributed by atoms with van der Waals surface area (Å²) < 4.78 is 0. The van der Waals surface area contributed by atoms with E-state index < -0.39 is 0 Å². The van der Waals surface area contributed by atoms with Crippen LogP contribution in [0.4, 0.5) is 0 Å². The van der Waals surface area contributed by atoms with Gasteiger partial charge >= 0.3 is 0 Å². The minimum Gasteiger partial charge on any atom is -0.299 e. The molecule has 0 unspecified atom stereocenters. The van der Waals surface area contributed by atoms with Gasteiger partial charge in [-0.15, -0.1) is 0 Å². The Morgan fingerprint density at radius 2 is 2.07 bits per heavy atom. The van der Waals surface area contributed by atoms with Crippen LogP contribution in [-0.2, 0) is 11.2 Å². The van der Waals surface area contributed by atoms with Crippen LogP contribution in [0.3, 0.4) is 0 Å². The molecule has 0 spiro atoms. The molecule has 15 heavy (non-hydrogen) atoms. The van der Waals surface area contributed by atoms with Crippen molar-refractivity contribution in [3.8, 4) is 0 Å². The van der Waals surface area contributed by atoms with Gasteiger partial charge in [-0.1, -0.05) is 32.6 Å². The van der Waals surface area contributed by atoms with Gasteiger partial charge in [-0.25, -0.2) is 0 Å². The number of thiophene rings is 1. The highest BCUT2D eigenvalue weighted by Gasteiger charge is 2.03. The van der Waals surface area contributed by atoms with Crippen molar-refractivity contribution in [3.63, 3.8) is 0 Å². The topological polar surface area (TPSA) is 17.1 Å². The van der Waals surface area contributed by atoms with Crippen molar-refractivity contribution >= 4 is 17.1 Å². The maximum absolute atomic E-state index is 11.5. The summed E-state index contributed by atoms with van der Waals surface area (Å²) in [5, 5.41) is 4.10. The van der Waals surface area contributed by atoms with Crippen molar-refractivity contribution in [2.24, 2.45) is 0 Å². The molecule has 2 heteroatoms. The van der Waals surface area contributed by atoms with Gasteiger partial charge in [0.25, 0.3) is 0 Å². The van der Waals surface area contributed by atoms with E-state index in [9.17, 15) is 4.79 Å². The third kappa shape index (κ3) is 5.73. The number of rotatable bonds is 8. The van der Waals surface area contributed by atoms with Crippen molar-refractivity contribution < 1.29 is 4.79 Å². The van der Waals surface area contributed by atoms with E-state index in [1.165, 1.54) is 31.2 Å². The number of carbonyl (C=O) groups excluding carboxylic acids is 1. The van der Waals surface area contributed by atoms with Crippen LogP contribution in [0.2, 0.25) is 0 Å². The summed E-state index contributed by atoms with van der Waals surface area (Å²) in [7, 11) is 0. The molecule has 0 fully saturated rings. The van der Waals surface area contributed by atoms with Crippen LogP contribution < -0.4 is 0 Å². The van der Waals surface area contributed by atoms with Gasteiger partial charge in [-0.05, 0) is 28.8 Å². The zero-order valence-corrected chi connectivity index (χ0v) is 10.3. The lowest BCUT2D eigenvalue weighted by Crippen LogP contribution is -2.01. The Hall–Kier alpha value is -0.630. The first-order valence-electron chi connectivity index (χ1n) is 5.85. The number of unbranched alkanes of at least 4 members (excludes halogenated alkanes) is 4. The van der Waals surface area contributed by atoms with Crippen LogP contribution in [0.15, 0.2) is 16.8 Å². The smallest absolute Gasteiger partial charge is 0.137 e. The summed E-state index contributed by atoms with van der Waals surface area (Å²) in [4.78, 5) is 11.5. The van der Waals surface area contributed by atoms with Gasteiger partial charge in [0.05, 0.1) is 0 Å². The zero-order valence-electron chi connectivity index (χ0n) is 9.50. The molecule has 1 heterocycles. The van der Waals surface area contributed by atoms with E-state index in [0.717, 1.165) is 12.8 Å². The van der Waals surface area contributed by atoms with Crippen LogP contribution in [0, 0.1) is 0 Å². The second-order valence-electron chi connectivity index (χ2n) is 4.01. The van der Waals surface area contributed by atoms with E-state index in [1.54, 1.807) is 11.3 Å². The van der Waals surface area contributed by atoms with Crippen molar-refractivity contribution in [3.05, 3.63) is 22.4 Å². The lowest BCUT2D eigenvalue weighted by molar-refractivity contribution is -0.118. The second kappa shape index (κ2) is 7.63. The summed E-state index contributed by atoms with van der Waals surface area (Å²) in [6, 6.07) is 2.04. The standard InChI is InChI=1S/C13H20OS/c1-2-3-4-5-6-7-13(14)10-12-8-9-15-11-12/h8-9,11H,2-7,10H2,1H3. The summed E-state index contributed by atoms with van der Waals surface area (Å²) in [5.74, 6) is 0.393. The second-order valence-corrected chi connectivity index (χ2v) is 4.79. The molecule has 0 N–H and O–H groups in total. The van der Waals surface area contributed by atoms with E-state index in [0.29, 0.717) is 12.2 Å². The number of ketones is 1. The van der Waals surface area contributed by atoms with E-state index >= 15 is 0 Å². The third-order valence-electron chi connectivity index (χ3n) is 2.54. The minimum atomic E-state index is 0.393. The molecule has 0 aliphatic carbocycles. The quantitative estimate of drug-likeness (QED) is 0.604. The summed E-state index contributed by atoms with van der Waals surface area (Å²) in [6.45, 7) is 2.21. The average molecular weight is 224 g/mol. The molecule has 0 aromatic carbocycles. The molecular weight excluding hydrogens is 204 g/mol. The molecular formula is C13H20OS. The Morgan fingerprint density at radius 1 is 1.27 bits per heavy atom. The SMILES string of the molecule is CCCCCCCC(=O)Cc1ccsc1. The number of hydrogen-bond donors (Lipinski definition) is 0. The lowest BCUT2D eigenvalue weighted by atomic mass is 10.1. The predicted molar refractivity (Wildman–Crippen MR) is 66.4 cm³/mol. The molecule has 0 atom stereocenters.